The van der Waals surface area contributed by atoms with Gasteiger partial charge in [-0.3, -0.25) is 24.5 Å². The Balaban J connectivity index is 2.31. The van der Waals surface area contributed by atoms with Crippen molar-refractivity contribution in [2.24, 2.45) is 0 Å². The van der Waals surface area contributed by atoms with Gasteiger partial charge >= 0.3 is 17.9 Å². The Morgan fingerprint density at radius 1 is 1.03 bits per heavy atom. The predicted molar refractivity (Wildman–Crippen MR) is 96.1 cm³/mol. The van der Waals surface area contributed by atoms with Gasteiger partial charge in [0, 0.05) is 32.9 Å². The van der Waals surface area contributed by atoms with Gasteiger partial charge in [0.25, 0.3) is 5.69 Å². The summed E-state index contributed by atoms with van der Waals surface area (Å²) >= 11 is 0. The van der Waals surface area contributed by atoms with E-state index in [4.69, 9.17) is 23.7 Å². The van der Waals surface area contributed by atoms with Crippen LogP contribution in [0, 0.1) is 10.1 Å². The van der Waals surface area contributed by atoms with E-state index in [9.17, 15) is 29.6 Å². The van der Waals surface area contributed by atoms with Gasteiger partial charge in [-0.05, 0) is 12.1 Å². The van der Waals surface area contributed by atoms with Gasteiger partial charge in [0.1, 0.15) is 24.6 Å². The second kappa shape index (κ2) is 9.98. The number of carbonyl (C=O) groups excluding carboxylic acids is 3. The number of esters is 3. The molecule has 1 aromatic carbocycles. The topological polar surface area (TPSA) is 161 Å². The van der Waals surface area contributed by atoms with Crippen LogP contribution in [0.4, 0.5) is 5.69 Å². The van der Waals surface area contributed by atoms with Crippen molar-refractivity contribution >= 4 is 23.6 Å². The molecule has 164 valence electrons. The number of hydrogen-bond donors (Lipinski definition) is 1. The maximum absolute atomic E-state index is 11.6. The van der Waals surface area contributed by atoms with Crippen LogP contribution in [0.5, 0.6) is 5.75 Å². The van der Waals surface area contributed by atoms with Crippen molar-refractivity contribution in [3.05, 3.63) is 34.4 Å². The fourth-order valence-corrected chi connectivity index (χ4v) is 2.75. The smallest absolute Gasteiger partial charge is 0.303 e. The summed E-state index contributed by atoms with van der Waals surface area (Å²) in [7, 11) is 0. The highest BCUT2D eigenvalue weighted by molar-refractivity contribution is 5.67. The minimum Gasteiger partial charge on any atom is -0.463 e. The Bertz CT molecular complexity index is 794. The van der Waals surface area contributed by atoms with Gasteiger partial charge in [-0.15, -0.1) is 0 Å². The van der Waals surface area contributed by atoms with Crippen LogP contribution in [0.25, 0.3) is 0 Å². The van der Waals surface area contributed by atoms with Gasteiger partial charge in [0.15, 0.2) is 6.10 Å². The predicted octanol–water partition coefficient (Wildman–Crippen LogP) is 0.486. The van der Waals surface area contributed by atoms with Gasteiger partial charge in [-0.25, -0.2) is 0 Å². The maximum atomic E-state index is 11.6. The second-order valence-corrected chi connectivity index (χ2v) is 6.35. The molecule has 1 N–H and O–H groups in total. The van der Waals surface area contributed by atoms with Crippen molar-refractivity contribution in [3.63, 3.8) is 0 Å². The molecule has 0 aliphatic carbocycles. The zero-order valence-electron chi connectivity index (χ0n) is 16.4. The van der Waals surface area contributed by atoms with Crippen LogP contribution in [0.3, 0.4) is 0 Å². The number of carbonyl (C=O) groups is 3. The first-order valence-electron chi connectivity index (χ1n) is 8.81. The molecule has 0 amide bonds. The lowest BCUT2D eigenvalue weighted by atomic mass is 9.98. The van der Waals surface area contributed by atoms with E-state index in [-0.39, 0.29) is 18.0 Å². The fourth-order valence-electron chi connectivity index (χ4n) is 2.75. The second-order valence-electron chi connectivity index (χ2n) is 6.35. The molecule has 1 fully saturated rings. The molecule has 12 nitrogen and oxygen atoms in total. The Morgan fingerprint density at radius 2 is 1.60 bits per heavy atom. The normalized spacial score (nSPS) is 25.7. The summed E-state index contributed by atoms with van der Waals surface area (Å²) < 4.78 is 26.4. The van der Waals surface area contributed by atoms with Crippen LogP contribution in [0.1, 0.15) is 20.8 Å². The molecule has 1 aliphatic rings. The summed E-state index contributed by atoms with van der Waals surface area (Å²) in [6.07, 6.45) is -6.82. The van der Waals surface area contributed by atoms with Gasteiger partial charge < -0.3 is 28.8 Å². The fraction of sp³-hybridized carbons (Fsp3) is 0.500. The first-order chi connectivity index (χ1) is 14.1. The molecule has 0 radical (unpaired) electrons. The highest BCUT2D eigenvalue weighted by Gasteiger charge is 2.51. The summed E-state index contributed by atoms with van der Waals surface area (Å²) in [4.78, 5) is 44.4. The lowest BCUT2D eigenvalue weighted by Gasteiger charge is -2.42. The number of hydrogen-bond acceptors (Lipinski definition) is 11. The van der Waals surface area contributed by atoms with Crippen molar-refractivity contribution in [2.45, 2.75) is 51.5 Å². The Labute approximate surface area is 170 Å². The number of ether oxygens (including phenoxy) is 5. The highest BCUT2D eigenvalue weighted by atomic mass is 16.7. The van der Waals surface area contributed by atoms with Gasteiger partial charge in [0.2, 0.25) is 12.4 Å². The number of aliphatic hydroxyl groups is 1. The summed E-state index contributed by atoms with van der Waals surface area (Å²) in [6.45, 7) is 2.97. The molecule has 1 aliphatic heterocycles. The molecule has 0 spiro atoms. The molecule has 1 saturated heterocycles. The van der Waals surface area contributed by atoms with Crippen LogP contribution in [0.15, 0.2) is 24.3 Å². The number of aliphatic hydroxyl groups excluding tert-OH is 1. The van der Waals surface area contributed by atoms with Gasteiger partial charge in [-0.1, -0.05) is 0 Å². The van der Waals surface area contributed by atoms with Gasteiger partial charge in [-0.2, -0.15) is 0 Å². The maximum Gasteiger partial charge on any atom is 0.303 e. The summed E-state index contributed by atoms with van der Waals surface area (Å²) in [5.74, 6) is -2.04. The largest absolute Gasteiger partial charge is 0.463 e. The molecule has 1 aromatic rings. The van der Waals surface area contributed by atoms with E-state index in [1.165, 1.54) is 24.3 Å². The minimum atomic E-state index is -1.51. The Kier molecular flexibility index (Phi) is 7.66. The van der Waals surface area contributed by atoms with E-state index >= 15 is 0 Å². The minimum absolute atomic E-state index is 0.118. The summed E-state index contributed by atoms with van der Waals surface area (Å²) in [6, 6.07) is 4.96. The SMILES string of the molecule is CC(=O)OC[C@H]1O[C@@H](Oc2ccc([N+](=O)[O-])cc2)[C@H](OC(C)=O)[C@@H](OC(C)=O)[C@H]1O. The quantitative estimate of drug-likeness (QED) is 0.279. The first kappa shape index (κ1) is 23.0. The van der Waals surface area contributed by atoms with Crippen molar-refractivity contribution in [1.29, 1.82) is 0 Å². The molecule has 2 rings (SSSR count). The molecule has 1 heterocycles. The number of nitro benzene ring substituents is 1. The number of rotatable bonds is 7. The van der Waals surface area contributed by atoms with E-state index in [2.05, 4.69) is 0 Å². The number of benzene rings is 1. The third-order valence-electron chi connectivity index (χ3n) is 3.97. The summed E-state index contributed by atoms with van der Waals surface area (Å²) in [5.41, 5.74) is -0.176. The van der Waals surface area contributed by atoms with E-state index in [1.807, 2.05) is 0 Å². The van der Waals surface area contributed by atoms with Crippen molar-refractivity contribution in [2.75, 3.05) is 6.61 Å². The van der Waals surface area contributed by atoms with E-state index < -0.39 is 53.5 Å². The first-order valence-corrected chi connectivity index (χ1v) is 8.81. The van der Waals surface area contributed by atoms with Crippen LogP contribution in [0.2, 0.25) is 0 Å². The molecule has 12 heteroatoms. The molecule has 0 aromatic heterocycles. The van der Waals surface area contributed by atoms with Crippen LogP contribution in [-0.4, -0.2) is 65.3 Å². The molecule has 0 bridgehead atoms. The Morgan fingerprint density at radius 3 is 2.10 bits per heavy atom. The standard InChI is InChI=1S/C18H21NO11/c1-9(20)26-8-14-15(23)16(27-10(2)21)17(28-11(3)22)18(30-14)29-13-6-4-12(5-7-13)19(24)25/h4-7,14-18,23H,8H2,1-3H3/t14-,15+,16+,17-,18-/m1/s1. The zero-order chi connectivity index (χ0) is 22.4. The third kappa shape index (κ3) is 6.12. The molecular formula is C18H21NO11. The molecule has 0 unspecified atom stereocenters. The molecular weight excluding hydrogens is 406 g/mol. The number of nitrogens with zero attached hydrogens (tertiary/aromatic N) is 1. The van der Waals surface area contributed by atoms with Crippen molar-refractivity contribution in [1.82, 2.24) is 0 Å². The van der Waals surface area contributed by atoms with E-state index in [0.717, 1.165) is 20.8 Å². The van der Waals surface area contributed by atoms with Crippen LogP contribution < -0.4 is 4.74 Å². The lowest BCUT2D eigenvalue weighted by Crippen LogP contribution is -2.62. The lowest BCUT2D eigenvalue weighted by molar-refractivity contribution is -0.384. The Hall–Kier alpha value is -3.25. The third-order valence-corrected chi connectivity index (χ3v) is 3.97. The van der Waals surface area contributed by atoms with Crippen LogP contribution in [-0.2, 0) is 33.3 Å². The van der Waals surface area contributed by atoms with Crippen molar-refractivity contribution in [3.8, 4) is 5.75 Å². The molecule has 5 atom stereocenters. The number of non-ortho nitro benzene ring substituents is 1. The zero-order valence-corrected chi connectivity index (χ0v) is 16.4. The van der Waals surface area contributed by atoms with Gasteiger partial charge in [0.05, 0.1) is 4.92 Å². The average molecular weight is 427 g/mol. The van der Waals surface area contributed by atoms with Crippen molar-refractivity contribution < 1.29 is 48.1 Å². The average Bonchev–Trinajstić information content (AvgIpc) is 2.65. The van der Waals surface area contributed by atoms with E-state index in [1.54, 1.807) is 0 Å². The number of nitro groups is 1. The van der Waals surface area contributed by atoms with Crippen LogP contribution >= 0.6 is 0 Å². The monoisotopic (exact) mass is 427 g/mol. The van der Waals surface area contributed by atoms with E-state index in [0.29, 0.717) is 0 Å². The summed E-state index contributed by atoms with van der Waals surface area (Å²) in [5, 5.41) is 21.3. The highest BCUT2D eigenvalue weighted by Crippen LogP contribution is 2.29. The molecule has 0 saturated carbocycles. The molecule has 30 heavy (non-hydrogen) atoms.